The molecule has 2 saturated heterocycles. The van der Waals surface area contributed by atoms with Gasteiger partial charge in [-0.3, -0.25) is 9.89 Å². The highest BCUT2D eigenvalue weighted by molar-refractivity contribution is 5.80. The van der Waals surface area contributed by atoms with Crippen LogP contribution in [0.2, 0.25) is 0 Å². The molecule has 1 N–H and O–H groups in total. The third kappa shape index (κ3) is 4.95. The summed E-state index contributed by atoms with van der Waals surface area (Å²) in [5.74, 6) is 1.79. The molecular weight excluding hydrogens is 312 g/mol. The van der Waals surface area contributed by atoms with Crippen molar-refractivity contribution in [2.75, 3.05) is 53.0 Å². The van der Waals surface area contributed by atoms with E-state index in [9.17, 15) is 0 Å². The highest BCUT2D eigenvalue weighted by atomic mass is 16.5. The van der Waals surface area contributed by atoms with Gasteiger partial charge in [-0.1, -0.05) is 37.3 Å². The summed E-state index contributed by atoms with van der Waals surface area (Å²) < 4.78 is 5.55. The number of hydrogen-bond donors (Lipinski definition) is 1. The quantitative estimate of drug-likeness (QED) is 0.672. The maximum absolute atomic E-state index is 5.55. The lowest BCUT2D eigenvalue weighted by atomic mass is 10.0. The monoisotopic (exact) mass is 344 g/mol. The predicted octanol–water partition coefficient (Wildman–Crippen LogP) is 2.37. The Morgan fingerprint density at radius 3 is 2.68 bits per heavy atom. The zero-order chi connectivity index (χ0) is 17.5. The van der Waals surface area contributed by atoms with Crippen molar-refractivity contribution in [3.05, 3.63) is 35.9 Å². The average Bonchev–Trinajstić information content (AvgIpc) is 2.67. The number of likely N-dealkylation sites (tertiary alicyclic amines) is 1. The normalized spacial score (nSPS) is 24.2. The maximum atomic E-state index is 5.55. The molecule has 0 aliphatic carbocycles. The molecule has 5 heteroatoms. The van der Waals surface area contributed by atoms with E-state index < -0.39 is 0 Å². The van der Waals surface area contributed by atoms with Crippen molar-refractivity contribution in [1.29, 1.82) is 0 Å². The molecule has 2 aliphatic rings. The van der Waals surface area contributed by atoms with Crippen molar-refractivity contribution < 1.29 is 4.74 Å². The number of piperidine rings is 1. The minimum atomic E-state index is 0.351. The average molecular weight is 345 g/mol. The molecule has 2 atom stereocenters. The number of hydrogen-bond acceptors (Lipinski definition) is 3. The molecule has 2 aliphatic heterocycles. The molecule has 0 spiro atoms. The molecule has 2 fully saturated rings. The van der Waals surface area contributed by atoms with E-state index in [1.165, 1.54) is 18.4 Å². The highest BCUT2D eigenvalue weighted by Gasteiger charge is 2.24. The Morgan fingerprint density at radius 1 is 1.24 bits per heavy atom. The third-order valence-electron chi connectivity index (χ3n) is 5.29. The van der Waals surface area contributed by atoms with Gasteiger partial charge in [-0.05, 0) is 24.3 Å². The first-order chi connectivity index (χ1) is 12.3. The van der Waals surface area contributed by atoms with E-state index in [4.69, 9.17) is 4.74 Å². The van der Waals surface area contributed by atoms with Crippen LogP contribution in [0.3, 0.4) is 0 Å². The lowest BCUT2D eigenvalue weighted by Crippen LogP contribution is -2.49. The molecule has 2 unspecified atom stereocenters. The van der Waals surface area contributed by atoms with Crippen molar-refractivity contribution in [1.82, 2.24) is 15.1 Å². The SMILES string of the molecule is CN=C(NCC(c1ccccc1)N1CCOCC1)N1CCCC(C)C1. The number of guanidine groups is 1. The Balaban J connectivity index is 1.67. The van der Waals surface area contributed by atoms with Gasteiger partial charge in [0.25, 0.3) is 0 Å². The lowest BCUT2D eigenvalue weighted by molar-refractivity contribution is 0.0168. The first kappa shape index (κ1) is 18.2. The highest BCUT2D eigenvalue weighted by Crippen LogP contribution is 2.21. The summed E-state index contributed by atoms with van der Waals surface area (Å²) in [4.78, 5) is 9.48. The lowest BCUT2D eigenvalue weighted by Gasteiger charge is -2.37. The van der Waals surface area contributed by atoms with E-state index in [2.05, 4.69) is 57.4 Å². The second-order valence-corrected chi connectivity index (χ2v) is 7.20. The van der Waals surface area contributed by atoms with Crippen LogP contribution < -0.4 is 5.32 Å². The van der Waals surface area contributed by atoms with Crippen LogP contribution in [0.5, 0.6) is 0 Å². The Labute approximate surface area is 152 Å². The summed E-state index contributed by atoms with van der Waals surface area (Å²) >= 11 is 0. The van der Waals surface area contributed by atoms with E-state index in [1.54, 1.807) is 0 Å². The fraction of sp³-hybridized carbons (Fsp3) is 0.650. The summed E-state index contributed by atoms with van der Waals surface area (Å²) in [5, 5.41) is 3.65. The fourth-order valence-electron chi connectivity index (χ4n) is 3.92. The standard InChI is InChI=1S/C20H32N4O/c1-17-7-6-10-24(16-17)20(21-2)22-15-19(18-8-4-3-5-9-18)23-11-13-25-14-12-23/h3-5,8-9,17,19H,6-7,10-16H2,1-2H3,(H,21,22). The van der Waals surface area contributed by atoms with E-state index in [0.717, 1.165) is 57.8 Å². The molecule has 138 valence electrons. The van der Waals surface area contributed by atoms with Crippen LogP contribution in [0.4, 0.5) is 0 Å². The fourth-order valence-corrected chi connectivity index (χ4v) is 3.92. The zero-order valence-corrected chi connectivity index (χ0v) is 15.7. The first-order valence-electron chi connectivity index (χ1n) is 9.60. The number of benzene rings is 1. The van der Waals surface area contributed by atoms with Gasteiger partial charge in [0.2, 0.25) is 0 Å². The van der Waals surface area contributed by atoms with Crippen molar-refractivity contribution >= 4 is 5.96 Å². The third-order valence-corrected chi connectivity index (χ3v) is 5.29. The van der Waals surface area contributed by atoms with Gasteiger partial charge in [-0.15, -0.1) is 0 Å². The molecule has 5 nitrogen and oxygen atoms in total. The van der Waals surface area contributed by atoms with Crippen LogP contribution in [0.25, 0.3) is 0 Å². The Hall–Kier alpha value is -1.59. The van der Waals surface area contributed by atoms with E-state index in [1.807, 2.05) is 7.05 Å². The summed E-state index contributed by atoms with van der Waals surface area (Å²) in [6, 6.07) is 11.2. The molecule has 2 heterocycles. The minimum absolute atomic E-state index is 0.351. The molecule has 0 bridgehead atoms. The second-order valence-electron chi connectivity index (χ2n) is 7.20. The van der Waals surface area contributed by atoms with E-state index in [0.29, 0.717) is 6.04 Å². The van der Waals surface area contributed by atoms with Crippen molar-refractivity contribution in [2.24, 2.45) is 10.9 Å². The number of aliphatic imine (C=N–C) groups is 1. The molecule has 0 amide bonds. The molecule has 1 aromatic rings. The van der Waals surface area contributed by atoms with Crippen LogP contribution in [-0.4, -0.2) is 68.7 Å². The first-order valence-corrected chi connectivity index (χ1v) is 9.60. The molecule has 0 radical (unpaired) electrons. The molecule has 25 heavy (non-hydrogen) atoms. The van der Waals surface area contributed by atoms with Gasteiger partial charge in [0.1, 0.15) is 0 Å². The minimum Gasteiger partial charge on any atom is -0.379 e. The number of nitrogens with zero attached hydrogens (tertiary/aromatic N) is 3. The summed E-state index contributed by atoms with van der Waals surface area (Å²) in [5.41, 5.74) is 1.36. The molecule has 3 rings (SSSR count). The smallest absolute Gasteiger partial charge is 0.193 e. The molecule has 0 saturated carbocycles. The summed E-state index contributed by atoms with van der Waals surface area (Å²) in [7, 11) is 1.90. The molecule has 1 aromatic carbocycles. The van der Waals surface area contributed by atoms with Crippen LogP contribution in [0.15, 0.2) is 35.3 Å². The van der Waals surface area contributed by atoms with Gasteiger partial charge in [-0.2, -0.15) is 0 Å². The summed E-state index contributed by atoms with van der Waals surface area (Å²) in [6.07, 6.45) is 2.58. The molecule has 0 aromatic heterocycles. The number of ether oxygens (including phenoxy) is 1. The topological polar surface area (TPSA) is 40.1 Å². The Kier molecular flexibility index (Phi) is 6.70. The van der Waals surface area contributed by atoms with Gasteiger partial charge in [0.15, 0.2) is 5.96 Å². The van der Waals surface area contributed by atoms with Gasteiger partial charge in [0.05, 0.1) is 19.3 Å². The van der Waals surface area contributed by atoms with Crippen LogP contribution in [-0.2, 0) is 4.74 Å². The number of morpholine rings is 1. The molecular formula is C20H32N4O. The number of rotatable bonds is 4. The van der Waals surface area contributed by atoms with Gasteiger partial charge in [0, 0.05) is 39.8 Å². The zero-order valence-electron chi connectivity index (χ0n) is 15.7. The van der Waals surface area contributed by atoms with Crippen LogP contribution in [0.1, 0.15) is 31.4 Å². The van der Waals surface area contributed by atoms with Crippen LogP contribution in [0, 0.1) is 5.92 Å². The van der Waals surface area contributed by atoms with Crippen molar-refractivity contribution in [2.45, 2.75) is 25.8 Å². The van der Waals surface area contributed by atoms with Gasteiger partial charge in [-0.25, -0.2) is 0 Å². The maximum Gasteiger partial charge on any atom is 0.193 e. The Bertz CT molecular complexity index is 542. The van der Waals surface area contributed by atoms with E-state index in [-0.39, 0.29) is 0 Å². The summed E-state index contributed by atoms with van der Waals surface area (Å²) in [6.45, 7) is 9.04. The van der Waals surface area contributed by atoms with Crippen molar-refractivity contribution in [3.8, 4) is 0 Å². The second kappa shape index (κ2) is 9.20. The van der Waals surface area contributed by atoms with E-state index >= 15 is 0 Å². The Morgan fingerprint density at radius 2 is 2.00 bits per heavy atom. The van der Waals surface area contributed by atoms with Gasteiger partial charge < -0.3 is 15.0 Å². The number of nitrogens with one attached hydrogen (secondary N) is 1. The van der Waals surface area contributed by atoms with Gasteiger partial charge >= 0.3 is 0 Å². The van der Waals surface area contributed by atoms with Crippen LogP contribution >= 0.6 is 0 Å². The largest absolute Gasteiger partial charge is 0.379 e. The predicted molar refractivity (Wildman–Crippen MR) is 103 cm³/mol. The van der Waals surface area contributed by atoms with Crippen molar-refractivity contribution in [3.63, 3.8) is 0 Å².